The van der Waals surface area contributed by atoms with Crippen molar-refractivity contribution < 1.29 is 8.91 Å². The Labute approximate surface area is 87.0 Å². The molecule has 0 saturated carbocycles. The molecule has 6 heteroatoms. The fraction of sp³-hybridized carbons (Fsp3) is 0. The Bertz CT molecular complexity index is 471. The third-order valence-electron chi connectivity index (χ3n) is 1.61. The number of rotatable bonds is 1. The van der Waals surface area contributed by atoms with Crippen LogP contribution in [0.3, 0.4) is 0 Å². The van der Waals surface area contributed by atoms with E-state index in [1.165, 1.54) is 12.1 Å². The smallest absolute Gasteiger partial charge is 0.261 e. The van der Waals surface area contributed by atoms with E-state index in [-0.39, 0.29) is 17.7 Å². The van der Waals surface area contributed by atoms with E-state index in [9.17, 15) is 4.39 Å². The highest BCUT2D eigenvalue weighted by atomic mass is 79.9. The zero-order chi connectivity index (χ0) is 10.1. The van der Waals surface area contributed by atoms with E-state index in [4.69, 9.17) is 10.3 Å². The monoisotopic (exact) mass is 257 g/mol. The van der Waals surface area contributed by atoms with Gasteiger partial charge >= 0.3 is 0 Å². The third-order valence-corrected chi connectivity index (χ3v) is 2.22. The summed E-state index contributed by atoms with van der Waals surface area (Å²) in [6.45, 7) is 0. The zero-order valence-corrected chi connectivity index (χ0v) is 8.45. The predicted molar refractivity (Wildman–Crippen MR) is 51.8 cm³/mol. The molecule has 2 aromatic rings. The number of nitrogen functional groups attached to an aromatic ring is 1. The molecule has 0 bridgehead atoms. The van der Waals surface area contributed by atoms with E-state index in [1.54, 1.807) is 6.07 Å². The van der Waals surface area contributed by atoms with E-state index in [1.807, 2.05) is 0 Å². The molecule has 72 valence electrons. The van der Waals surface area contributed by atoms with E-state index < -0.39 is 0 Å². The molecule has 1 aromatic heterocycles. The summed E-state index contributed by atoms with van der Waals surface area (Å²) in [6, 6.07) is 4.38. The molecule has 0 saturated heterocycles. The van der Waals surface area contributed by atoms with Crippen LogP contribution >= 0.6 is 15.9 Å². The van der Waals surface area contributed by atoms with Crippen LogP contribution in [0.25, 0.3) is 11.5 Å². The van der Waals surface area contributed by atoms with Crippen molar-refractivity contribution in [1.29, 1.82) is 0 Å². The summed E-state index contributed by atoms with van der Waals surface area (Å²) in [5, 5.41) is 3.43. The van der Waals surface area contributed by atoms with Gasteiger partial charge < -0.3 is 10.3 Å². The average Bonchev–Trinajstić information content (AvgIpc) is 2.57. The number of anilines is 1. The summed E-state index contributed by atoms with van der Waals surface area (Å²) in [5.41, 5.74) is 5.90. The van der Waals surface area contributed by atoms with Gasteiger partial charge in [0.25, 0.3) is 11.8 Å². The molecular weight excluding hydrogens is 253 g/mol. The second-order valence-corrected chi connectivity index (χ2v) is 3.44. The molecule has 2 N–H and O–H groups in total. The van der Waals surface area contributed by atoms with Crippen LogP contribution in [0.15, 0.2) is 27.2 Å². The van der Waals surface area contributed by atoms with Gasteiger partial charge in [0.15, 0.2) is 0 Å². The Morgan fingerprint density at radius 2 is 2.21 bits per heavy atom. The van der Waals surface area contributed by atoms with Gasteiger partial charge in [0.1, 0.15) is 5.82 Å². The largest absolute Gasteiger partial charge is 0.365 e. The van der Waals surface area contributed by atoms with Gasteiger partial charge in [0.05, 0.1) is 4.47 Å². The maximum absolute atomic E-state index is 12.9. The molecule has 0 amide bonds. The Hall–Kier alpha value is -1.43. The van der Waals surface area contributed by atoms with Gasteiger partial charge in [-0.1, -0.05) is 0 Å². The number of nitrogens with zero attached hydrogens (tertiary/aromatic N) is 2. The van der Waals surface area contributed by atoms with Crippen molar-refractivity contribution in [2.75, 3.05) is 5.73 Å². The molecule has 0 fully saturated rings. The van der Waals surface area contributed by atoms with Gasteiger partial charge in [0.2, 0.25) is 0 Å². The number of hydrogen-bond acceptors (Lipinski definition) is 4. The minimum atomic E-state index is -0.346. The molecule has 0 spiro atoms. The molecule has 4 nitrogen and oxygen atoms in total. The summed E-state index contributed by atoms with van der Waals surface area (Å²) in [7, 11) is 0. The Balaban J connectivity index is 2.47. The molecule has 0 radical (unpaired) electrons. The second kappa shape index (κ2) is 3.38. The first kappa shape index (κ1) is 9.14. The van der Waals surface area contributed by atoms with Crippen molar-refractivity contribution in [2.24, 2.45) is 0 Å². The first-order valence-electron chi connectivity index (χ1n) is 3.71. The molecule has 2 rings (SSSR count). The Morgan fingerprint density at radius 1 is 1.43 bits per heavy atom. The lowest BCUT2D eigenvalue weighted by atomic mass is 10.2. The molecule has 0 unspecified atom stereocenters. The minimum absolute atomic E-state index is 0.0560. The quantitative estimate of drug-likeness (QED) is 0.851. The normalized spacial score (nSPS) is 10.4. The maximum atomic E-state index is 12.9. The SMILES string of the molecule is Nc1noc(-c2ccc(F)c(Br)c2)n1. The van der Waals surface area contributed by atoms with Gasteiger partial charge in [0, 0.05) is 5.56 Å². The standard InChI is InChI=1S/C8H5BrFN3O/c9-5-3-4(1-2-6(5)10)7-12-8(11)13-14-7/h1-3H,(H2,11,13). The molecule has 0 atom stereocenters. The number of nitrogens with two attached hydrogens (primary N) is 1. The summed E-state index contributed by atoms with van der Waals surface area (Å²) >= 11 is 3.05. The summed E-state index contributed by atoms with van der Waals surface area (Å²) < 4.78 is 18.0. The van der Waals surface area contributed by atoms with Crippen molar-refractivity contribution in [3.8, 4) is 11.5 Å². The fourth-order valence-electron chi connectivity index (χ4n) is 0.981. The number of aromatic nitrogens is 2. The average molecular weight is 258 g/mol. The lowest BCUT2D eigenvalue weighted by molar-refractivity contribution is 0.433. The first-order chi connectivity index (χ1) is 6.66. The maximum Gasteiger partial charge on any atom is 0.261 e. The first-order valence-corrected chi connectivity index (χ1v) is 4.51. The third kappa shape index (κ3) is 1.60. The van der Waals surface area contributed by atoms with Crippen molar-refractivity contribution >= 4 is 21.9 Å². The van der Waals surface area contributed by atoms with E-state index in [0.29, 0.717) is 10.0 Å². The highest BCUT2D eigenvalue weighted by Gasteiger charge is 2.08. The van der Waals surface area contributed by atoms with Crippen LogP contribution in [-0.4, -0.2) is 10.1 Å². The molecule has 14 heavy (non-hydrogen) atoms. The van der Waals surface area contributed by atoms with Crippen molar-refractivity contribution in [2.45, 2.75) is 0 Å². The zero-order valence-electron chi connectivity index (χ0n) is 6.87. The molecule has 0 aliphatic carbocycles. The van der Waals surface area contributed by atoms with Crippen molar-refractivity contribution in [1.82, 2.24) is 10.1 Å². The van der Waals surface area contributed by atoms with Crippen LogP contribution in [-0.2, 0) is 0 Å². The van der Waals surface area contributed by atoms with Crippen LogP contribution in [0.2, 0.25) is 0 Å². The highest BCUT2D eigenvalue weighted by Crippen LogP contribution is 2.23. The van der Waals surface area contributed by atoms with E-state index in [0.717, 1.165) is 0 Å². The Morgan fingerprint density at radius 3 is 2.79 bits per heavy atom. The minimum Gasteiger partial charge on any atom is -0.365 e. The van der Waals surface area contributed by atoms with E-state index in [2.05, 4.69) is 26.1 Å². The predicted octanol–water partition coefficient (Wildman–Crippen LogP) is 2.22. The van der Waals surface area contributed by atoms with Gasteiger partial charge in [-0.15, -0.1) is 0 Å². The summed E-state index contributed by atoms with van der Waals surface area (Å²) in [6.07, 6.45) is 0. The van der Waals surface area contributed by atoms with Crippen LogP contribution in [0.4, 0.5) is 10.3 Å². The van der Waals surface area contributed by atoms with Gasteiger partial charge in [-0.2, -0.15) is 4.98 Å². The number of halogens is 2. The lowest BCUT2D eigenvalue weighted by Gasteiger charge is -1.96. The second-order valence-electron chi connectivity index (χ2n) is 2.59. The molecular formula is C8H5BrFN3O. The fourth-order valence-corrected chi connectivity index (χ4v) is 1.36. The van der Waals surface area contributed by atoms with Crippen LogP contribution in [0.5, 0.6) is 0 Å². The van der Waals surface area contributed by atoms with Gasteiger partial charge in [-0.25, -0.2) is 4.39 Å². The van der Waals surface area contributed by atoms with Gasteiger partial charge in [-0.3, -0.25) is 0 Å². The van der Waals surface area contributed by atoms with Crippen LogP contribution in [0, 0.1) is 5.82 Å². The van der Waals surface area contributed by atoms with Crippen LogP contribution < -0.4 is 5.73 Å². The lowest BCUT2D eigenvalue weighted by Crippen LogP contribution is -1.86. The topological polar surface area (TPSA) is 64.9 Å². The molecule has 1 aromatic carbocycles. The van der Waals surface area contributed by atoms with Gasteiger partial charge in [-0.05, 0) is 39.3 Å². The molecule has 0 aliphatic heterocycles. The Kier molecular flexibility index (Phi) is 2.20. The summed E-state index contributed by atoms with van der Waals surface area (Å²) in [4.78, 5) is 3.81. The van der Waals surface area contributed by atoms with E-state index >= 15 is 0 Å². The highest BCUT2D eigenvalue weighted by molar-refractivity contribution is 9.10. The molecule has 1 heterocycles. The summed E-state index contributed by atoms with van der Waals surface area (Å²) in [5.74, 6) is -0.0233. The van der Waals surface area contributed by atoms with Crippen LogP contribution in [0.1, 0.15) is 0 Å². The van der Waals surface area contributed by atoms with Crippen molar-refractivity contribution in [3.63, 3.8) is 0 Å². The number of hydrogen-bond donors (Lipinski definition) is 1. The molecule has 0 aliphatic rings. The van der Waals surface area contributed by atoms with Crippen molar-refractivity contribution in [3.05, 3.63) is 28.5 Å². The number of benzene rings is 1.